The Bertz CT molecular complexity index is 308. The van der Waals surface area contributed by atoms with Gasteiger partial charge in [-0.1, -0.05) is 25.1 Å². The largest absolute Gasteiger partial charge is 0.494 e. The lowest BCUT2D eigenvalue weighted by molar-refractivity contribution is 0.177. The van der Waals surface area contributed by atoms with E-state index >= 15 is 0 Å². The lowest BCUT2D eigenvalue weighted by atomic mass is 9.99. The maximum atomic E-state index is 7.00. The van der Waals surface area contributed by atoms with Gasteiger partial charge < -0.3 is 14.7 Å². The first-order valence-corrected chi connectivity index (χ1v) is 7.19. The molecule has 1 aliphatic rings. The van der Waals surface area contributed by atoms with Crippen molar-refractivity contribution >= 4 is 0 Å². The molecule has 0 aromatic heterocycles. The molecule has 2 rings (SSSR count). The highest BCUT2D eigenvalue weighted by Crippen LogP contribution is 2.16. The molecule has 1 aromatic carbocycles. The predicted molar refractivity (Wildman–Crippen MR) is 79.5 cm³/mol. The summed E-state index contributed by atoms with van der Waals surface area (Å²) in [5.41, 5.74) is 0. The van der Waals surface area contributed by atoms with Crippen molar-refractivity contribution in [1.82, 2.24) is 4.90 Å². The van der Waals surface area contributed by atoms with Crippen molar-refractivity contribution in [2.45, 2.75) is 26.2 Å². The maximum Gasteiger partial charge on any atom is 0.119 e. The summed E-state index contributed by atoms with van der Waals surface area (Å²) >= 11 is 0. The number of ether oxygens (including phenoxy) is 1. The molecule has 3 heteroatoms. The Morgan fingerprint density at radius 2 is 1.79 bits per heavy atom. The van der Waals surface area contributed by atoms with Gasteiger partial charge in [0.1, 0.15) is 5.75 Å². The molecule has 0 unspecified atom stereocenters. The van der Waals surface area contributed by atoms with Crippen molar-refractivity contribution in [3.8, 4) is 5.75 Å². The van der Waals surface area contributed by atoms with Gasteiger partial charge in [0.15, 0.2) is 0 Å². The van der Waals surface area contributed by atoms with Crippen LogP contribution in [-0.2, 0) is 0 Å². The zero-order valence-corrected chi connectivity index (χ0v) is 12.2. The minimum Gasteiger partial charge on any atom is -0.494 e. The number of rotatable bonds is 5. The van der Waals surface area contributed by atoms with Crippen LogP contribution >= 0.6 is 0 Å². The molecule has 1 aromatic rings. The molecule has 0 atom stereocenters. The predicted octanol–water partition coefficient (Wildman–Crippen LogP) is 2.80. The number of hydrogen-bond acceptors (Lipinski definition) is 3. The van der Waals surface area contributed by atoms with Gasteiger partial charge in [-0.2, -0.15) is 0 Å². The number of piperidine rings is 1. The second kappa shape index (κ2) is 9.82. The Morgan fingerprint density at radius 1 is 1.16 bits per heavy atom. The van der Waals surface area contributed by atoms with Gasteiger partial charge in [-0.25, -0.2) is 0 Å². The quantitative estimate of drug-likeness (QED) is 0.831. The molecule has 0 amide bonds. The van der Waals surface area contributed by atoms with Crippen LogP contribution in [0.15, 0.2) is 30.3 Å². The van der Waals surface area contributed by atoms with Gasteiger partial charge in [0, 0.05) is 13.7 Å². The molecule has 19 heavy (non-hydrogen) atoms. The summed E-state index contributed by atoms with van der Waals surface area (Å²) < 4.78 is 5.69. The van der Waals surface area contributed by atoms with Crippen LogP contribution in [0.5, 0.6) is 5.75 Å². The highest BCUT2D eigenvalue weighted by molar-refractivity contribution is 5.20. The number of aliphatic hydroxyl groups is 1. The van der Waals surface area contributed by atoms with Crippen molar-refractivity contribution in [1.29, 1.82) is 0 Å². The normalized spacial score (nSPS) is 16.6. The Balaban J connectivity index is 0.000000861. The third kappa shape index (κ3) is 6.60. The van der Waals surface area contributed by atoms with Crippen LogP contribution in [0.3, 0.4) is 0 Å². The maximum absolute atomic E-state index is 7.00. The molecule has 1 heterocycles. The molecule has 1 N–H and O–H groups in total. The van der Waals surface area contributed by atoms with Gasteiger partial charge in [-0.15, -0.1) is 0 Å². The molecular formula is C16H27NO2. The first-order valence-electron chi connectivity index (χ1n) is 7.19. The summed E-state index contributed by atoms with van der Waals surface area (Å²) in [6.07, 6.45) is 3.85. The van der Waals surface area contributed by atoms with Crippen LogP contribution in [0.25, 0.3) is 0 Å². The standard InChI is InChI=1S/C15H23NO.CH4O/c1-14-8-11-16(12-9-14)10-5-13-17-15-6-3-2-4-7-15;1-2/h2-4,6-7,14H,5,8-13H2,1H3;2H,1H3. The van der Waals surface area contributed by atoms with E-state index < -0.39 is 0 Å². The Hall–Kier alpha value is -1.06. The number of nitrogens with zero attached hydrogens (tertiary/aromatic N) is 1. The molecule has 3 nitrogen and oxygen atoms in total. The van der Waals surface area contributed by atoms with Crippen LogP contribution < -0.4 is 4.74 Å². The third-order valence-electron chi connectivity index (χ3n) is 3.51. The van der Waals surface area contributed by atoms with Crippen molar-refractivity contribution in [2.24, 2.45) is 5.92 Å². The van der Waals surface area contributed by atoms with E-state index in [-0.39, 0.29) is 0 Å². The summed E-state index contributed by atoms with van der Waals surface area (Å²) in [6, 6.07) is 10.1. The molecular weight excluding hydrogens is 238 g/mol. The molecule has 0 aliphatic carbocycles. The highest BCUT2D eigenvalue weighted by atomic mass is 16.5. The van der Waals surface area contributed by atoms with Crippen molar-refractivity contribution in [3.05, 3.63) is 30.3 Å². The topological polar surface area (TPSA) is 32.7 Å². The molecule has 0 saturated carbocycles. The van der Waals surface area contributed by atoms with Crippen LogP contribution in [-0.4, -0.2) is 43.4 Å². The van der Waals surface area contributed by atoms with Gasteiger partial charge in [0.2, 0.25) is 0 Å². The average molecular weight is 265 g/mol. The zero-order valence-electron chi connectivity index (χ0n) is 12.2. The third-order valence-corrected chi connectivity index (χ3v) is 3.51. The zero-order chi connectivity index (χ0) is 13.9. The van der Waals surface area contributed by atoms with E-state index in [9.17, 15) is 0 Å². The van der Waals surface area contributed by atoms with Crippen LogP contribution in [0.1, 0.15) is 26.2 Å². The average Bonchev–Trinajstić information content (AvgIpc) is 2.49. The molecule has 1 saturated heterocycles. The van der Waals surface area contributed by atoms with E-state index in [4.69, 9.17) is 9.84 Å². The van der Waals surface area contributed by atoms with E-state index in [1.54, 1.807) is 0 Å². The molecule has 0 bridgehead atoms. The number of hydrogen-bond donors (Lipinski definition) is 1. The smallest absolute Gasteiger partial charge is 0.119 e. The van der Waals surface area contributed by atoms with Gasteiger partial charge in [-0.3, -0.25) is 0 Å². The SMILES string of the molecule is CC1CCN(CCCOc2ccccc2)CC1.CO. The van der Waals surface area contributed by atoms with E-state index in [1.807, 2.05) is 30.3 Å². The summed E-state index contributed by atoms with van der Waals surface area (Å²) in [7, 11) is 1.00. The van der Waals surface area contributed by atoms with Gasteiger partial charge >= 0.3 is 0 Å². The minimum absolute atomic E-state index is 0.829. The van der Waals surface area contributed by atoms with E-state index in [0.717, 1.165) is 31.8 Å². The summed E-state index contributed by atoms with van der Waals surface area (Å²) in [6.45, 7) is 6.91. The van der Waals surface area contributed by atoms with Crippen molar-refractivity contribution in [2.75, 3.05) is 33.4 Å². The summed E-state index contributed by atoms with van der Waals surface area (Å²) in [4.78, 5) is 2.56. The van der Waals surface area contributed by atoms with Crippen molar-refractivity contribution in [3.63, 3.8) is 0 Å². The fourth-order valence-electron chi connectivity index (χ4n) is 2.28. The molecule has 1 fully saturated rings. The van der Waals surface area contributed by atoms with E-state index in [2.05, 4.69) is 11.8 Å². The number of likely N-dealkylation sites (tertiary alicyclic amines) is 1. The van der Waals surface area contributed by atoms with Gasteiger partial charge in [0.05, 0.1) is 6.61 Å². The lowest BCUT2D eigenvalue weighted by Gasteiger charge is -2.30. The monoisotopic (exact) mass is 265 g/mol. The molecule has 1 aliphatic heterocycles. The Morgan fingerprint density at radius 3 is 2.42 bits per heavy atom. The summed E-state index contributed by atoms with van der Waals surface area (Å²) in [5.74, 6) is 1.91. The second-order valence-corrected chi connectivity index (χ2v) is 5.04. The Kier molecular flexibility index (Phi) is 8.26. The van der Waals surface area contributed by atoms with Crippen molar-refractivity contribution < 1.29 is 9.84 Å². The molecule has 0 radical (unpaired) electrons. The first-order chi connectivity index (χ1) is 9.34. The number of benzene rings is 1. The summed E-state index contributed by atoms with van der Waals surface area (Å²) in [5, 5.41) is 7.00. The fourth-order valence-corrected chi connectivity index (χ4v) is 2.28. The van der Waals surface area contributed by atoms with E-state index in [0.29, 0.717) is 0 Å². The van der Waals surface area contributed by atoms with Crippen LogP contribution in [0, 0.1) is 5.92 Å². The first kappa shape index (κ1) is 16.0. The number of aliphatic hydroxyl groups excluding tert-OH is 1. The minimum atomic E-state index is 0.829. The van der Waals surface area contributed by atoms with E-state index in [1.165, 1.54) is 32.5 Å². The fraction of sp³-hybridized carbons (Fsp3) is 0.625. The van der Waals surface area contributed by atoms with Crippen LogP contribution in [0.4, 0.5) is 0 Å². The Labute approximate surface area is 117 Å². The molecule has 0 spiro atoms. The highest BCUT2D eigenvalue weighted by Gasteiger charge is 2.14. The van der Waals surface area contributed by atoms with Gasteiger partial charge in [0.25, 0.3) is 0 Å². The lowest BCUT2D eigenvalue weighted by Crippen LogP contribution is -2.34. The van der Waals surface area contributed by atoms with Gasteiger partial charge in [-0.05, 0) is 50.4 Å². The molecule has 108 valence electrons. The van der Waals surface area contributed by atoms with Crippen LogP contribution in [0.2, 0.25) is 0 Å². The second-order valence-electron chi connectivity index (χ2n) is 5.04. The number of para-hydroxylation sites is 1.